The largest absolute Gasteiger partial charge is 0.546 e. The fourth-order valence-electron chi connectivity index (χ4n) is 1.61. The van der Waals surface area contributed by atoms with E-state index in [1.807, 2.05) is 0 Å². The maximum Gasteiger partial charge on any atom is 0.250 e. The molecule has 0 saturated heterocycles. The third-order valence-electron chi connectivity index (χ3n) is 4.03. The number of hydrogen-bond acceptors (Lipinski definition) is 2. The Labute approximate surface area is 134 Å². The number of allylic oxidation sites excluding steroid dienone is 2. The molecule has 0 saturated carbocycles. The standard InChI is InChI=1S/C17H36O2Si2/c1-10-11-15(18)14-16(12-13-20(5,6)7)19-21(8,9)17(2,3)4/h12H,10-11,13-14H2,1-9H3/b16-12+. The molecule has 0 aromatic carbocycles. The predicted molar refractivity (Wildman–Crippen MR) is 99.1 cm³/mol. The van der Waals surface area contributed by atoms with Crippen molar-refractivity contribution >= 4 is 22.2 Å². The van der Waals surface area contributed by atoms with Gasteiger partial charge in [0.05, 0.1) is 12.2 Å². The first-order chi connectivity index (χ1) is 9.28. The van der Waals surface area contributed by atoms with Crippen LogP contribution in [0, 0.1) is 0 Å². The van der Waals surface area contributed by atoms with Gasteiger partial charge in [0, 0.05) is 14.5 Å². The van der Waals surface area contributed by atoms with Gasteiger partial charge in [0.2, 0.25) is 8.32 Å². The molecule has 0 aliphatic carbocycles. The molecule has 0 amide bonds. The summed E-state index contributed by atoms with van der Waals surface area (Å²) in [5, 5.41) is 0.166. The van der Waals surface area contributed by atoms with E-state index in [9.17, 15) is 4.79 Å². The van der Waals surface area contributed by atoms with Crippen LogP contribution in [0.1, 0.15) is 47.0 Å². The molecule has 0 bridgehead atoms. The van der Waals surface area contributed by atoms with E-state index in [0.717, 1.165) is 18.2 Å². The second kappa shape index (κ2) is 7.77. The van der Waals surface area contributed by atoms with Crippen molar-refractivity contribution in [3.8, 4) is 0 Å². The lowest BCUT2D eigenvalue weighted by molar-refractivity contribution is -0.118. The minimum atomic E-state index is -1.86. The molecule has 0 heterocycles. The average molecular weight is 329 g/mol. The summed E-state index contributed by atoms with van der Waals surface area (Å²) in [7, 11) is -3.02. The first-order valence-electron chi connectivity index (χ1n) is 8.18. The highest BCUT2D eigenvalue weighted by Gasteiger charge is 2.39. The average Bonchev–Trinajstić information content (AvgIpc) is 2.23. The maximum absolute atomic E-state index is 12.0. The molecule has 0 N–H and O–H groups in total. The van der Waals surface area contributed by atoms with Gasteiger partial charge >= 0.3 is 0 Å². The quantitative estimate of drug-likeness (QED) is 0.404. The number of carbonyl (C=O) groups excluding carboxylic acids is 1. The van der Waals surface area contributed by atoms with Gasteiger partial charge in [-0.3, -0.25) is 4.79 Å². The zero-order valence-corrected chi connectivity index (χ0v) is 17.7. The molecule has 0 aromatic heterocycles. The SMILES string of the molecule is CCCC(=O)C/C(=C\C[Si](C)(C)C)O[Si](C)(C)C(C)(C)C. The Kier molecular flexibility index (Phi) is 7.64. The summed E-state index contributed by atoms with van der Waals surface area (Å²) in [4.78, 5) is 12.0. The molecule has 2 nitrogen and oxygen atoms in total. The molecule has 0 spiro atoms. The molecule has 0 aliphatic heterocycles. The lowest BCUT2D eigenvalue weighted by atomic mass is 10.1. The Balaban J connectivity index is 5.10. The van der Waals surface area contributed by atoms with Crippen LogP contribution in [0.25, 0.3) is 0 Å². The van der Waals surface area contributed by atoms with Crippen molar-refractivity contribution in [3.05, 3.63) is 11.8 Å². The normalized spacial score (nSPS) is 14.2. The highest BCUT2D eigenvalue weighted by Crippen LogP contribution is 2.38. The second-order valence-electron chi connectivity index (χ2n) is 8.76. The van der Waals surface area contributed by atoms with Gasteiger partial charge in [-0.2, -0.15) is 0 Å². The Morgan fingerprint density at radius 2 is 1.62 bits per heavy atom. The topological polar surface area (TPSA) is 26.3 Å². The van der Waals surface area contributed by atoms with Crippen LogP contribution in [0.2, 0.25) is 43.8 Å². The highest BCUT2D eigenvalue weighted by atomic mass is 28.4. The van der Waals surface area contributed by atoms with Crippen LogP contribution in [-0.4, -0.2) is 22.2 Å². The number of rotatable bonds is 8. The fourth-order valence-corrected chi connectivity index (χ4v) is 3.57. The summed E-state index contributed by atoms with van der Waals surface area (Å²) in [6, 6.07) is 1.08. The lowest BCUT2D eigenvalue weighted by Crippen LogP contribution is -2.40. The van der Waals surface area contributed by atoms with Crippen LogP contribution >= 0.6 is 0 Å². The number of carbonyl (C=O) groups is 1. The second-order valence-corrected chi connectivity index (χ2v) is 19.0. The van der Waals surface area contributed by atoms with E-state index in [2.05, 4.69) is 66.5 Å². The van der Waals surface area contributed by atoms with Gasteiger partial charge in [0.1, 0.15) is 5.78 Å². The Morgan fingerprint density at radius 3 is 2.00 bits per heavy atom. The van der Waals surface area contributed by atoms with E-state index in [1.165, 1.54) is 0 Å². The Morgan fingerprint density at radius 1 is 1.10 bits per heavy atom. The fraction of sp³-hybridized carbons (Fsp3) is 0.824. The van der Waals surface area contributed by atoms with Crippen LogP contribution in [-0.2, 0) is 9.22 Å². The number of ketones is 1. The van der Waals surface area contributed by atoms with E-state index >= 15 is 0 Å². The Bertz CT molecular complexity index is 371. The first-order valence-corrected chi connectivity index (χ1v) is 14.8. The summed E-state index contributed by atoms with van der Waals surface area (Å²) in [6.07, 6.45) is 4.26. The monoisotopic (exact) mass is 328 g/mol. The summed E-state index contributed by atoms with van der Waals surface area (Å²) < 4.78 is 6.42. The number of Topliss-reactive ketones (excluding diaryl/α,β-unsaturated/α-hetero) is 1. The smallest absolute Gasteiger partial charge is 0.250 e. The first kappa shape index (κ1) is 20.6. The zero-order valence-electron chi connectivity index (χ0n) is 15.7. The third kappa shape index (κ3) is 8.61. The van der Waals surface area contributed by atoms with Crippen molar-refractivity contribution in [2.75, 3.05) is 0 Å². The molecule has 21 heavy (non-hydrogen) atoms. The summed E-state index contributed by atoms with van der Waals surface area (Å²) in [6.45, 7) is 20.3. The molecule has 124 valence electrons. The molecule has 0 rings (SSSR count). The van der Waals surface area contributed by atoms with Crippen LogP contribution in [0.3, 0.4) is 0 Å². The summed E-state index contributed by atoms with van der Waals surface area (Å²) in [5.41, 5.74) is 0. The third-order valence-corrected chi connectivity index (χ3v) is 9.85. The van der Waals surface area contributed by atoms with Crippen LogP contribution < -0.4 is 0 Å². The van der Waals surface area contributed by atoms with Crippen LogP contribution in [0.15, 0.2) is 11.8 Å². The van der Waals surface area contributed by atoms with Crippen molar-refractivity contribution in [2.45, 2.75) is 90.8 Å². The summed E-state index contributed by atoms with van der Waals surface area (Å²) in [5.74, 6) is 1.24. The molecular weight excluding hydrogens is 292 g/mol. The van der Waals surface area contributed by atoms with Gasteiger partial charge in [-0.05, 0) is 30.6 Å². The van der Waals surface area contributed by atoms with E-state index in [-0.39, 0.29) is 5.04 Å². The van der Waals surface area contributed by atoms with Gasteiger partial charge in [-0.15, -0.1) is 0 Å². The van der Waals surface area contributed by atoms with E-state index in [4.69, 9.17) is 4.43 Å². The van der Waals surface area contributed by atoms with Crippen molar-refractivity contribution in [2.24, 2.45) is 0 Å². The summed E-state index contributed by atoms with van der Waals surface area (Å²) >= 11 is 0. The van der Waals surface area contributed by atoms with Crippen LogP contribution in [0.5, 0.6) is 0 Å². The van der Waals surface area contributed by atoms with Gasteiger partial charge in [0.15, 0.2) is 0 Å². The van der Waals surface area contributed by atoms with Gasteiger partial charge in [0.25, 0.3) is 0 Å². The molecule has 0 fully saturated rings. The number of hydrogen-bond donors (Lipinski definition) is 0. The van der Waals surface area contributed by atoms with Crippen molar-refractivity contribution in [1.29, 1.82) is 0 Å². The van der Waals surface area contributed by atoms with Crippen molar-refractivity contribution < 1.29 is 9.22 Å². The van der Waals surface area contributed by atoms with Crippen molar-refractivity contribution in [1.82, 2.24) is 0 Å². The molecule has 0 aromatic rings. The Hall–Kier alpha value is -0.356. The maximum atomic E-state index is 12.0. The van der Waals surface area contributed by atoms with E-state index in [1.54, 1.807) is 0 Å². The molecule has 0 aliphatic rings. The molecule has 0 radical (unpaired) electrons. The van der Waals surface area contributed by atoms with Crippen molar-refractivity contribution in [3.63, 3.8) is 0 Å². The van der Waals surface area contributed by atoms with Gasteiger partial charge in [-0.25, -0.2) is 0 Å². The van der Waals surface area contributed by atoms with Gasteiger partial charge < -0.3 is 4.43 Å². The zero-order chi connectivity index (χ0) is 16.9. The highest BCUT2D eigenvalue weighted by molar-refractivity contribution is 6.76. The molecular formula is C17H36O2Si2. The molecule has 0 atom stereocenters. The van der Waals surface area contributed by atoms with Gasteiger partial charge in [-0.1, -0.05) is 53.4 Å². The van der Waals surface area contributed by atoms with E-state index in [0.29, 0.717) is 18.6 Å². The van der Waals surface area contributed by atoms with Crippen LogP contribution in [0.4, 0.5) is 0 Å². The lowest BCUT2D eigenvalue weighted by Gasteiger charge is -2.37. The molecule has 0 unspecified atom stereocenters. The minimum Gasteiger partial charge on any atom is -0.546 e. The predicted octanol–water partition coefficient (Wildman–Crippen LogP) is 5.99. The molecule has 4 heteroatoms. The minimum absolute atomic E-state index is 0.166. The van der Waals surface area contributed by atoms with E-state index < -0.39 is 16.4 Å².